The second-order valence-electron chi connectivity index (χ2n) is 7.41. The first-order valence-electron chi connectivity index (χ1n) is 9.94. The number of halogens is 1. The van der Waals surface area contributed by atoms with Crippen molar-refractivity contribution in [2.75, 3.05) is 20.2 Å². The monoisotopic (exact) mass is 409 g/mol. The number of rotatable bonds is 7. The molecular formula is C23H24FN3O3. The molecule has 0 bridgehead atoms. The molecule has 1 unspecified atom stereocenters. The number of carbonyl (C=O) groups is 1. The molecule has 0 radical (unpaired) electrons. The fraction of sp³-hybridized carbons (Fsp3) is 0.304. The molecule has 7 heteroatoms. The smallest absolute Gasteiger partial charge is 0.227 e. The number of nitrogens with zero attached hydrogens (tertiary/aromatic N) is 2. The Morgan fingerprint density at radius 1 is 1.20 bits per heavy atom. The van der Waals surface area contributed by atoms with E-state index in [4.69, 9.17) is 9.47 Å². The van der Waals surface area contributed by atoms with Crippen LogP contribution < -0.4 is 9.47 Å². The van der Waals surface area contributed by atoms with E-state index in [0.717, 1.165) is 35.7 Å². The van der Waals surface area contributed by atoms with Crippen LogP contribution in [0.1, 0.15) is 29.3 Å². The molecule has 0 aliphatic carbocycles. The lowest BCUT2D eigenvalue weighted by molar-refractivity contribution is -0.129. The van der Waals surface area contributed by atoms with Crippen LogP contribution in [0, 0.1) is 5.82 Å². The summed E-state index contributed by atoms with van der Waals surface area (Å²) >= 11 is 0. The van der Waals surface area contributed by atoms with Gasteiger partial charge in [-0.2, -0.15) is 5.10 Å². The summed E-state index contributed by atoms with van der Waals surface area (Å²) in [6.45, 7) is 1.66. The van der Waals surface area contributed by atoms with Crippen LogP contribution in [0.2, 0.25) is 0 Å². The maximum Gasteiger partial charge on any atom is 0.227 e. The van der Waals surface area contributed by atoms with Crippen molar-refractivity contribution < 1.29 is 18.7 Å². The lowest BCUT2D eigenvalue weighted by atomic mass is 10.1. The second-order valence-corrected chi connectivity index (χ2v) is 7.41. The van der Waals surface area contributed by atoms with Gasteiger partial charge in [0.1, 0.15) is 23.9 Å². The first kappa shape index (κ1) is 19.9. The van der Waals surface area contributed by atoms with Gasteiger partial charge < -0.3 is 14.4 Å². The minimum atomic E-state index is -0.330. The molecule has 1 amide bonds. The molecule has 3 aromatic rings. The molecule has 2 heterocycles. The third-order valence-electron chi connectivity index (χ3n) is 5.31. The molecule has 156 valence electrons. The number of H-pyrrole nitrogens is 1. The van der Waals surface area contributed by atoms with Crippen LogP contribution in [0.4, 0.5) is 4.39 Å². The lowest BCUT2D eigenvalue weighted by Crippen LogP contribution is -2.29. The van der Waals surface area contributed by atoms with E-state index in [1.807, 2.05) is 35.2 Å². The van der Waals surface area contributed by atoms with Crippen molar-refractivity contribution in [2.45, 2.75) is 25.4 Å². The fourth-order valence-electron chi connectivity index (χ4n) is 3.64. The topological polar surface area (TPSA) is 67.4 Å². The molecule has 2 aromatic carbocycles. The Morgan fingerprint density at radius 3 is 2.80 bits per heavy atom. The summed E-state index contributed by atoms with van der Waals surface area (Å²) in [5, 5.41) is 7.37. The quantitative estimate of drug-likeness (QED) is 0.646. The molecule has 1 aliphatic heterocycles. The van der Waals surface area contributed by atoms with Gasteiger partial charge in [-0.25, -0.2) is 4.39 Å². The summed E-state index contributed by atoms with van der Waals surface area (Å²) in [7, 11) is 1.62. The van der Waals surface area contributed by atoms with Crippen molar-refractivity contribution >= 4 is 5.91 Å². The molecular weight excluding hydrogens is 385 g/mol. The number of aromatic amines is 1. The lowest BCUT2D eigenvalue weighted by Gasteiger charge is -2.16. The van der Waals surface area contributed by atoms with E-state index in [1.165, 1.54) is 12.1 Å². The molecule has 1 saturated heterocycles. The summed E-state index contributed by atoms with van der Waals surface area (Å²) in [6, 6.07) is 15.6. The zero-order valence-electron chi connectivity index (χ0n) is 16.8. The Bertz CT molecular complexity index is 1000. The van der Waals surface area contributed by atoms with Crippen LogP contribution in [0.3, 0.4) is 0 Å². The average Bonchev–Trinajstić information content (AvgIpc) is 3.42. The Hall–Kier alpha value is -3.35. The predicted octanol–water partition coefficient (Wildman–Crippen LogP) is 3.70. The number of carbonyl (C=O) groups excluding carboxylic acids is 1. The summed E-state index contributed by atoms with van der Waals surface area (Å²) < 4.78 is 24.0. The number of aromatic nitrogens is 2. The molecule has 0 spiro atoms. The minimum Gasteiger partial charge on any atom is -0.497 e. The van der Waals surface area contributed by atoms with Crippen molar-refractivity contribution in [2.24, 2.45) is 0 Å². The zero-order valence-corrected chi connectivity index (χ0v) is 16.8. The maximum absolute atomic E-state index is 13.2. The largest absolute Gasteiger partial charge is 0.497 e. The number of hydrogen-bond acceptors (Lipinski definition) is 4. The summed E-state index contributed by atoms with van der Waals surface area (Å²) in [6.07, 6.45) is 1.26. The van der Waals surface area contributed by atoms with Gasteiger partial charge in [-0.05, 0) is 42.3 Å². The van der Waals surface area contributed by atoms with E-state index in [9.17, 15) is 9.18 Å². The van der Waals surface area contributed by atoms with Gasteiger partial charge >= 0.3 is 0 Å². The third kappa shape index (κ3) is 4.79. The molecule has 1 fully saturated rings. The van der Waals surface area contributed by atoms with Crippen molar-refractivity contribution in [1.82, 2.24) is 15.1 Å². The van der Waals surface area contributed by atoms with Gasteiger partial charge in [-0.3, -0.25) is 9.89 Å². The van der Waals surface area contributed by atoms with Gasteiger partial charge in [0.25, 0.3) is 0 Å². The minimum absolute atomic E-state index is 0.118. The van der Waals surface area contributed by atoms with Gasteiger partial charge in [0.15, 0.2) is 0 Å². The number of ether oxygens (including phenoxy) is 2. The van der Waals surface area contributed by atoms with Crippen LogP contribution >= 0.6 is 0 Å². The van der Waals surface area contributed by atoms with Crippen LogP contribution in [-0.4, -0.2) is 41.2 Å². The van der Waals surface area contributed by atoms with E-state index in [0.29, 0.717) is 18.7 Å². The molecule has 1 aromatic heterocycles. The Labute approximate surface area is 174 Å². The number of amides is 1. The summed E-state index contributed by atoms with van der Waals surface area (Å²) in [5.74, 6) is 1.24. The highest BCUT2D eigenvalue weighted by Crippen LogP contribution is 2.27. The van der Waals surface area contributed by atoms with Gasteiger partial charge in [-0.15, -0.1) is 0 Å². The van der Waals surface area contributed by atoms with E-state index >= 15 is 0 Å². The van der Waals surface area contributed by atoms with Crippen molar-refractivity contribution in [3.05, 3.63) is 77.4 Å². The van der Waals surface area contributed by atoms with E-state index in [-0.39, 0.29) is 24.2 Å². The van der Waals surface area contributed by atoms with E-state index < -0.39 is 0 Å². The van der Waals surface area contributed by atoms with Gasteiger partial charge in [0.2, 0.25) is 5.91 Å². The first-order chi connectivity index (χ1) is 14.6. The van der Waals surface area contributed by atoms with Gasteiger partial charge in [-0.1, -0.05) is 18.2 Å². The number of hydrogen-bond donors (Lipinski definition) is 1. The van der Waals surface area contributed by atoms with Gasteiger partial charge in [0.05, 0.1) is 24.9 Å². The molecule has 0 saturated carbocycles. The molecule has 4 rings (SSSR count). The van der Waals surface area contributed by atoms with Crippen molar-refractivity contribution in [3.8, 4) is 11.5 Å². The Kier molecular flexibility index (Phi) is 5.97. The second kappa shape index (κ2) is 8.98. The van der Waals surface area contributed by atoms with Gasteiger partial charge in [0, 0.05) is 25.1 Å². The highest BCUT2D eigenvalue weighted by molar-refractivity contribution is 5.79. The van der Waals surface area contributed by atoms with Crippen LogP contribution in [0.5, 0.6) is 11.5 Å². The Balaban J connectivity index is 1.30. The highest BCUT2D eigenvalue weighted by Gasteiger charge is 2.28. The standard InChI is InChI=1S/C23H24FN3O3/c1-29-20-7-5-16(6-8-20)11-23(28)27-10-9-17(14-27)22-13-19(25-26-22)15-30-21-4-2-3-18(24)12-21/h2-8,12-13,17H,9-11,14-15H2,1H3,(H,25,26). The number of likely N-dealkylation sites (tertiary alicyclic amines) is 1. The third-order valence-corrected chi connectivity index (χ3v) is 5.31. The van der Waals surface area contributed by atoms with Crippen LogP contribution in [-0.2, 0) is 17.8 Å². The first-order valence-corrected chi connectivity index (χ1v) is 9.94. The molecule has 1 N–H and O–H groups in total. The zero-order chi connectivity index (χ0) is 20.9. The van der Waals surface area contributed by atoms with E-state index in [2.05, 4.69) is 10.2 Å². The number of nitrogens with one attached hydrogen (secondary N) is 1. The number of benzene rings is 2. The van der Waals surface area contributed by atoms with Crippen molar-refractivity contribution in [3.63, 3.8) is 0 Å². The van der Waals surface area contributed by atoms with E-state index in [1.54, 1.807) is 19.2 Å². The average molecular weight is 409 g/mol. The fourth-order valence-corrected chi connectivity index (χ4v) is 3.64. The predicted molar refractivity (Wildman–Crippen MR) is 110 cm³/mol. The molecule has 1 aliphatic rings. The van der Waals surface area contributed by atoms with Crippen LogP contribution in [0.15, 0.2) is 54.6 Å². The van der Waals surface area contributed by atoms with Crippen molar-refractivity contribution in [1.29, 1.82) is 0 Å². The SMILES string of the molecule is COc1ccc(CC(=O)N2CCC(c3cc(COc4cccc(F)c4)[nH]n3)C2)cc1. The molecule has 6 nitrogen and oxygen atoms in total. The highest BCUT2D eigenvalue weighted by atomic mass is 19.1. The maximum atomic E-state index is 13.2. The Morgan fingerprint density at radius 2 is 2.03 bits per heavy atom. The summed E-state index contributed by atoms with van der Waals surface area (Å²) in [4.78, 5) is 14.5. The number of methoxy groups -OCH3 is 1. The normalized spacial score (nSPS) is 15.9. The molecule has 1 atom stereocenters. The molecule has 30 heavy (non-hydrogen) atoms. The summed E-state index contributed by atoms with van der Waals surface area (Å²) in [5.41, 5.74) is 2.71. The van der Waals surface area contributed by atoms with Crippen LogP contribution in [0.25, 0.3) is 0 Å².